The van der Waals surface area contributed by atoms with Crippen molar-refractivity contribution in [2.45, 2.75) is 71.3 Å². The van der Waals surface area contributed by atoms with Gasteiger partial charge in [-0.15, -0.1) is 0 Å². The molecule has 0 spiro atoms. The monoisotopic (exact) mass is 336 g/mol. The first kappa shape index (κ1) is 19.1. The van der Waals surface area contributed by atoms with Crippen LogP contribution in [-0.2, 0) is 4.79 Å². The first-order valence-corrected chi connectivity index (χ1v) is 9.93. The maximum Gasteiger partial charge on any atom is 0.225 e. The topological polar surface area (TPSA) is 56.7 Å². The summed E-state index contributed by atoms with van der Waals surface area (Å²) in [5.41, 5.74) is 0. The lowest BCUT2D eigenvalue weighted by Crippen LogP contribution is -2.46. The minimum Gasteiger partial charge on any atom is -0.356 e. The van der Waals surface area contributed by atoms with Crippen LogP contribution in [0.25, 0.3) is 0 Å². The SMILES string of the molecule is CCC(CC)CNC(=NC)NC1CCN(C(=O)C2CCCCC2)C1. The number of nitrogens with one attached hydrogen (secondary N) is 2. The predicted octanol–water partition coefficient (Wildman–Crippen LogP) is 2.77. The van der Waals surface area contributed by atoms with Gasteiger partial charge in [-0.2, -0.15) is 0 Å². The Labute approximate surface area is 147 Å². The van der Waals surface area contributed by atoms with Crippen LogP contribution in [0.4, 0.5) is 0 Å². The summed E-state index contributed by atoms with van der Waals surface area (Å²) in [6, 6.07) is 0.324. The zero-order chi connectivity index (χ0) is 17.4. The first-order valence-electron chi connectivity index (χ1n) is 9.93. The van der Waals surface area contributed by atoms with Gasteiger partial charge in [0, 0.05) is 38.6 Å². The molecule has 5 nitrogen and oxygen atoms in total. The van der Waals surface area contributed by atoms with E-state index in [0.717, 1.165) is 44.9 Å². The Hall–Kier alpha value is -1.26. The number of aliphatic imine (C=N–C) groups is 1. The molecule has 0 bridgehead atoms. The molecule has 1 amide bonds. The lowest BCUT2D eigenvalue weighted by Gasteiger charge is -2.26. The third kappa shape index (κ3) is 5.38. The van der Waals surface area contributed by atoms with Crippen molar-refractivity contribution in [3.05, 3.63) is 0 Å². The fourth-order valence-corrected chi connectivity index (χ4v) is 3.89. The zero-order valence-corrected chi connectivity index (χ0v) is 15.8. The number of nitrogens with zero attached hydrogens (tertiary/aromatic N) is 2. The average molecular weight is 337 g/mol. The zero-order valence-electron chi connectivity index (χ0n) is 15.8. The van der Waals surface area contributed by atoms with Gasteiger partial charge in [0.1, 0.15) is 0 Å². The number of likely N-dealkylation sites (tertiary alicyclic amines) is 1. The number of amides is 1. The van der Waals surface area contributed by atoms with Gasteiger partial charge in [-0.25, -0.2) is 0 Å². The molecular weight excluding hydrogens is 300 g/mol. The molecule has 0 aromatic heterocycles. The van der Waals surface area contributed by atoms with Crippen molar-refractivity contribution in [3.8, 4) is 0 Å². The molecule has 138 valence electrons. The molecule has 24 heavy (non-hydrogen) atoms. The van der Waals surface area contributed by atoms with Crippen molar-refractivity contribution in [3.63, 3.8) is 0 Å². The van der Waals surface area contributed by atoms with Gasteiger partial charge in [-0.1, -0.05) is 46.0 Å². The largest absolute Gasteiger partial charge is 0.356 e. The number of hydrogen-bond acceptors (Lipinski definition) is 2. The fourth-order valence-electron chi connectivity index (χ4n) is 3.89. The maximum atomic E-state index is 12.6. The van der Waals surface area contributed by atoms with Crippen LogP contribution in [0.15, 0.2) is 4.99 Å². The molecule has 2 aliphatic rings. The second kappa shape index (κ2) is 9.90. The van der Waals surface area contributed by atoms with Crippen LogP contribution in [0.2, 0.25) is 0 Å². The smallest absolute Gasteiger partial charge is 0.225 e. The van der Waals surface area contributed by atoms with E-state index in [2.05, 4.69) is 34.4 Å². The molecular formula is C19H36N4O. The summed E-state index contributed by atoms with van der Waals surface area (Å²) in [5, 5.41) is 6.94. The van der Waals surface area contributed by atoms with E-state index in [1.165, 1.54) is 32.1 Å². The molecule has 1 saturated carbocycles. The minimum atomic E-state index is 0.282. The van der Waals surface area contributed by atoms with Gasteiger partial charge in [0.05, 0.1) is 0 Å². The van der Waals surface area contributed by atoms with E-state index < -0.39 is 0 Å². The van der Waals surface area contributed by atoms with E-state index in [1.54, 1.807) is 0 Å². The molecule has 0 aromatic rings. The summed E-state index contributed by atoms with van der Waals surface area (Å²) in [5.74, 6) is 2.24. The Balaban J connectivity index is 1.76. The summed E-state index contributed by atoms with van der Waals surface area (Å²) < 4.78 is 0. The Kier molecular flexibility index (Phi) is 7.86. The highest BCUT2D eigenvalue weighted by atomic mass is 16.2. The van der Waals surface area contributed by atoms with Gasteiger partial charge in [-0.05, 0) is 25.2 Å². The molecule has 2 N–H and O–H groups in total. The van der Waals surface area contributed by atoms with Crippen LogP contribution >= 0.6 is 0 Å². The highest BCUT2D eigenvalue weighted by molar-refractivity contribution is 5.81. The molecule has 2 fully saturated rings. The van der Waals surface area contributed by atoms with Crippen LogP contribution in [-0.4, -0.2) is 49.5 Å². The first-order chi connectivity index (χ1) is 11.7. The average Bonchev–Trinajstić information content (AvgIpc) is 3.10. The minimum absolute atomic E-state index is 0.282. The number of rotatable bonds is 6. The molecule has 1 aliphatic heterocycles. The lowest BCUT2D eigenvalue weighted by atomic mass is 9.88. The van der Waals surface area contributed by atoms with Gasteiger partial charge < -0.3 is 15.5 Å². The quantitative estimate of drug-likeness (QED) is 0.579. The van der Waals surface area contributed by atoms with Gasteiger partial charge in [-0.3, -0.25) is 9.79 Å². The molecule has 1 unspecified atom stereocenters. The highest BCUT2D eigenvalue weighted by Crippen LogP contribution is 2.26. The number of carbonyl (C=O) groups excluding carboxylic acids is 1. The number of hydrogen-bond donors (Lipinski definition) is 2. The van der Waals surface area contributed by atoms with E-state index in [4.69, 9.17) is 0 Å². The van der Waals surface area contributed by atoms with E-state index in [-0.39, 0.29) is 5.92 Å². The third-order valence-electron chi connectivity index (χ3n) is 5.73. The Morgan fingerprint density at radius 2 is 1.88 bits per heavy atom. The van der Waals surface area contributed by atoms with E-state index in [1.807, 2.05) is 7.05 Å². The van der Waals surface area contributed by atoms with Crippen molar-refractivity contribution < 1.29 is 4.79 Å². The Bertz CT molecular complexity index is 414. The van der Waals surface area contributed by atoms with Gasteiger partial charge in [0.25, 0.3) is 0 Å². The van der Waals surface area contributed by atoms with Gasteiger partial charge in [0.2, 0.25) is 5.91 Å². The van der Waals surface area contributed by atoms with Crippen molar-refractivity contribution in [2.24, 2.45) is 16.8 Å². The highest BCUT2D eigenvalue weighted by Gasteiger charge is 2.31. The van der Waals surface area contributed by atoms with E-state index in [9.17, 15) is 4.79 Å². The maximum absolute atomic E-state index is 12.6. The van der Waals surface area contributed by atoms with Crippen molar-refractivity contribution in [1.29, 1.82) is 0 Å². The summed E-state index contributed by atoms with van der Waals surface area (Å²) in [7, 11) is 1.82. The second-order valence-corrected chi connectivity index (χ2v) is 7.38. The van der Waals surface area contributed by atoms with E-state index in [0.29, 0.717) is 17.9 Å². The number of guanidine groups is 1. The van der Waals surface area contributed by atoms with Gasteiger partial charge >= 0.3 is 0 Å². The molecule has 1 aliphatic carbocycles. The lowest BCUT2D eigenvalue weighted by molar-refractivity contribution is -0.135. The molecule has 0 aromatic carbocycles. The van der Waals surface area contributed by atoms with Crippen molar-refractivity contribution in [2.75, 3.05) is 26.7 Å². The second-order valence-electron chi connectivity index (χ2n) is 7.38. The summed E-state index contributed by atoms with van der Waals surface area (Å²) in [6.07, 6.45) is 9.31. The van der Waals surface area contributed by atoms with Crippen LogP contribution in [0.1, 0.15) is 65.2 Å². The molecule has 1 heterocycles. The molecule has 2 rings (SSSR count). The van der Waals surface area contributed by atoms with Crippen LogP contribution in [0.5, 0.6) is 0 Å². The fraction of sp³-hybridized carbons (Fsp3) is 0.895. The molecule has 5 heteroatoms. The molecule has 1 saturated heterocycles. The van der Waals surface area contributed by atoms with E-state index >= 15 is 0 Å². The van der Waals surface area contributed by atoms with Crippen LogP contribution in [0.3, 0.4) is 0 Å². The normalized spacial score (nSPS) is 22.9. The Morgan fingerprint density at radius 1 is 1.17 bits per heavy atom. The summed E-state index contributed by atoms with van der Waals surface area (Å²) in [4.78, 5) is 19.1. The van der Waals surface area contributed by atoms with Crippen LogP contribution in [0, 0.1) is 11.8 Å². The summed E-state index contributed by atoms with van der Waals surface area (Å²) in [6.45, 7) is 7.14. The molecule has 0 radical (unpaired) electrons. The predicted molar refractivity (Wildman–Crippen MR) is 100 cm³/mol. The summed E-state index contributed by atoms with van der Waals surface area (Å²) >= 11 is 0. The number of carbonyl (C=O) groups is 1. The van der Waals surface area contributed by atoms with Crippen LogP contribution < -0.4 is 10.6 Å². The molecule has 1 atom stereocenters. The van der Waals surface area contributed by atoms with Crippen molar-refractivity contribution in [1.82, 2.24) is 15.5 Å². The third-order valence-corrected chi connectivity index (χ3v) is 5.73. The Morgan fingerprint density at radius 3 is 2.50 bits per heavy atom. The standard InChI is InChI=1S/C19H36N4O/c1-4-15(5-2)13-21-19(20-3)22-17-11-12-23(14-17)18(24)16-9-7-6-8-10-16/h15-17H,4-14H2,1-3H3,(H2,20,21,22). The van der Waals surface area contributed by atoms with Crippen molar-refractivity contribution >= 4 is 11.9 Å². The van der Waals surface area contributed by atoms with Gasteiger partial charge in [0.15, 0.2) is 5.96 Å².